The normalized spacial score (nSPS) is 11.2. The SMILES string of the molecule is Cc1nc(OCCOCc2ccccc2)ccc1C(=O)OC(C)(C)C. The Balaban J connectivity index is 1.79. The van der Waals surface area contributed by atoms with Crippen molar-refractivity contribution in [3.05, 3.63) is 59.3 Å². The maximum atomic E-state index is 12.1. The van der Waals surface area contributed by atoms with Crippen molar-refractivity contribution in [3.63, 3.8) is 0 Å². The van der Waals surface area contributed by atoms with Crippen molar-refractivity contribution in [2.45, 2.75) is 39.9 Å². The largest absolute Gasteiger partial charge is 0.475 e. The van der Waals surface area contributed by atoms with Gasteiger partial charge in [0.1, 0.15) is 12.2 Å². The minimum absolute atomic E-state index is 0.379. The maximum Gasteiger partial charge on any atom is 0.340 e. The second-order valence-electron chi connectivity index (χ2n) is 6.67. The molecular weight excluding hydrogens is 318 g/mol. The zero-order chi connectivity index (χ0) is 18.3. The quantitative estimate of drug-likeness (QED) is 0.563. The summed E-state index contributed by atoms with van der Waals surface area (Å²) in [5, 5.41) is 0. The monoisotopic (exact) mass is 343 g/mol. The Bertz CT molecular complexity index is 693. The standard InChI is InChI=1S/C20H25NO4/c1-15-17(19(22)25-20(2,3)4)10-11-18(21-15)24-13-12-23-14-16-8-6-5-7-9-16/h5-11H,12-14H2,1-4H3. The van der Waals surface area contributed by atoms with E-state index in [4.69, 9.17) is 14.2 Å². The lowest BCUT2D eigenvalue weighted by molar-refractivity contribution is 0.00681. The van der Waals surface area contributed by atoms with Gasteiger partial charge >= 0.3 is 5.97 Å². The van der Waals surface area contributed by atoms with E-state index >= 15 is 0 Å². The molecule has 0 atom stereocenters. The summed E-state index contributed by atoms with van der Waals surface area (Å²) in [6, 6.07) is 13.3. The van der Waals surface area contributed by atoms with E-state index in [0.29, 0.717) is 37.0 Å². The summed E-state index contributed by atoms with van der Waals surface area (Å²) in [7, 11) is 0. The zero-order valence-electron chi connectivity index (χ0n) is 15.2. The summed E-state index contributed by atoms with van der Waals surface area (Å²) < 4.78 is 16.5. The molecule has 0 amide bonds. The highest BCUT2D eigenvalue weighted by molar-refractivity contribution is 5.90. The summed E-state index contributed by atoms with van der Waals surface area (Å²) in [6.45, 7) is 8.67. The highest BCUT2D eigenvalue weighted by atomic mass is 16.6. The Morgan fingerprint density at radius 1 is 1.04 bits per heavy atom. The molecule has 2 aromatic rings. The van der Waals surface area contributed by atoms with Crippen molar-refractivity contribution in [2.24, 2.45) is 0 Å². The molecule has 0 unspecified atom stereocenters. The van der Waals surface area contributed by atoms with Gasteiger partial charge in [0.25, 0.3) is 0 Å². The van der Waals surface area contributed by atoms with E-state index < -0.39 is 5.60 Å². The molecule has 5 nitrogen and oxygen atoms in total. The molecule has 0 saturated carbocycles. The van der Waals surface area contributed by atoms with Gasteiger partial charge in [0.05, 0.1) is 24.5 Å². The molecule has 0 aliphatic rings. The molecule has 0 radical (unpaired) electrons. The van der Waals surface area contributed by atoms with E-state index in [0.717, 1.165) is 5.56 Å². The molecule has 134 valence electrons. The fourth-order valence-electron chi connectivity index (χ4n) is 2.14. The number of benzene rings is 1. The summed E-state index contributed by atoms with van der Waals surface area (Å²) in [5.74, 6) is 0.0864. The Kier molecular flexibility index (Phi) is 6.53. The van der Waals surface area contributed by atoms with Crippen LogP contribution in [0.2, 0.25) is 0 Å². The average molecular weight is 343 g/mol. The first-order valence-electron chi connectivity index (χ1n) is 8.30. The topological polar surface area (TPSA) is 57.7 Å². The molecule has 1 aromatic carbocycles. The molecular formula is C20H25NO4. The molecule has 0 saturated heterocycles. The molecule has 25 heavy (non-hydrogen) atoms. The highest BCUT2D eigenvalue weighted by Gasteiger charge is 2.20. The second kappa shape index (κ2) is 8.62. The molecule has 5 heteroatoms. The first-order valence-corrected chi connectivity index (χ1v) is 8.30. The predicted octanol–water partition coefficient (Wildman–Crippen LogP) is 3.94. The van der Waals surface area contributed by atoms with Crippen LogP contribution >= 0.6 is 0 Å². The third kappa shape index (κ3) is 6.55. The van der Waals surface area contributed by atoms with Crippen LogP contribution in [-0.2, 0) is 16.1 Å². The van der Waals surface area contributed by atoms with E-state index in [1.54, 1.807) is 19.1 Å². The fourth-order valence-corrected chi connectivity index (χ4v) is 2.14. The highest BCUT2D eigenvalue weighted by Crippen LogP contribution is 2.17. The van der Waals surface area contributed by atoms with Crippen LogP contribution in [0.4, 0.5) is 0 Å². The van der Waals surface area contributed by atoms with Gasteiger partial charge in [-0.25, -0.2) is 9.78 Å². The van der Waals surface area contributed by atoms with Crippen LogP contribution in [0.15, 0.2) is 42.5 Å². The molecule has 0 aliphatic carbocycles. The lowest BCUT2D eigenvalue weighted by atomic mass is 10.1. The summed E-state index contributed by atoms with van der Waals surface area (Å²) in [5.41, 5.74) is 1.62. The molecule has 2 rings (SSSR count). The van der Waals surface area contributed by atoms with Gasteiger partial charge in [0.15, 0.2) is 0 Å². The number of nitrogens with zero attached hydrogens (tertiary/aromatic N) is 1. The van der Waals surface area contributed by atoms with Crippen LogP contribution in [0.25, 0.3) is 0 Å². The lowest BCUT2D eigenvalue weighted by Crippen LogP contribution is -2.24. The minimum Gasteiger partial charge on any atom is -0.475 e. The molecule has 1 aromatic heterocycles. The van der Waals surface area contributed by atoms with E-state index in [-0.39, 0.29) is 5.97 Å². The van der Waals surface area contributed by atoms with Gasteiger partial charge in [0, 0.05) is 6.07 Å². The van der Waals surface area contributed by atoms with Gasteiger partial charge in [-0.1, -0.05) is 30.3 Å². The van der Waals surface area contributed by atoms with Crippen LogP contribution in [0.3, 0.4) is 0 Å². The number of rotatable bonds is 7. The molecule has 0 spiro atoms. The van der Waals surface area contributed by atoms with Gasteiger partial charge in [-0.05, 0) is 39.3 Å². The molecule has 0 fully saturated rings. The third-order valence-corrected chi connectivity index (χ3v) is 3.27. The summed E-state index contributed by atoms with van der Waals surface area (Å²) >= 11 is 0. The van der Waals surface area contributed by atoms with Gasteiger partial charge < -0.3 is 14.2 Å². The van der Waals surface area contributed by atoms with Gasteiger partial charge in [-0.2, -0.15) is 0 Å². The Morgan fingerprint density at radius 3 is 2.40 bits per heavy atom. The van der Waals surface area contributed by atoms with Crippen molar-refractivity contribution in [3.8, 4) is 5.88 Å². The number of carbonyl (C=O) groups excluding carboxylic acids is 1. The molecule has 0 N–H and O–H groups in total. The fraction of sp³-hybridized carbons (Fsp3) is 0.400. The Hall–Kier alpha value is -2.40. The zero-order valence-corrected chi connectivity index (χ0v) is 15.2. The number of pyridine rings is 1. The van der Waals surface area contributed by atoms with Crippen molar-refractivity contribution in [1.29, 1.82) is 0 Å². The summed E-state index contributed by atoms with van der Waals surface area (Å²) in [4.78, 5) is 16.4. The molecule has 0 bridgehead atoms. The van der Waals surface area contributed by atoms with E-state index in [9.17, 15) is 4.79 Å². The van der Waals surface area contributed by atoms with Crippen molar-refractivity contribution < 1.29 is 19.0 Å². The molecule has 0 aliphatic heterocycles. The van der Waals surface area contributed by atoms with Gasteiger partial charge in [-0.3, -0.25) is 0 Å². The van der Waals surface area contributed by atoms with E-state index in [1.165, 1.54) is 0 Å². The van der Waals surface area contributed by atoms with Gasteiger partial charge in [0.2, 0.25) is 5.88 Å². The average Bonchev–Trinajstić information content (AvgIpc) is 2.54. The van der Waals surface area contributed by atoms with Crippen LogP contribution in [0.1, 0.15) is 42.4 Å². The number of hydrogen-bond donors (Lipinski definition) is 0. The first kappa shape index (κ1) is 18.9. The number of esters is 1. The van der Waals surface area contributed by atoms with Crippen molar-refractivity contribution >= 4 is 5.97 Å². The number of aryl methyl sites for hydroxylation is 1. The van der Waals surface area contributed by atoms with Crippen LogP contribution in [0.5, 0.6) is 5.88 Å². The Labute approximate surface area is 148 Å². The van der Waals surface area contributed by atoms with Crippen LogP contribution in [0, 0.1) is 6.92 Å². The Morgan fingerprint density at radius 2 is 1.76 bits per heavy atom. The second-order valence-corrected chi connectivity index (χ2v) is 6.67. The van der Waals surface area contributed by atoms with E-state index in [1.807, 2.05) is 51.1 Å². The van der Waals surface area contributed by atoms with Crippen LogP contribution in [-0.4, -0.2) is 29.8 Å². The number of carbonyl (C=O) groups is 1. The lowest BCUT2D eigenvalue weighted by Gasteiger charge is -2.20. The summed E-state index contributed by atoms with van der Waals surface area (Å²) in [6.07, 6.45) is 0. The molecule has 1 heterocycles. The maximum absolute atomic E-state index is 12.1. The number of ether oxygens (including phenoxy) is 3. The van der Waals surface area contributed by atoms with Crippen molar-refractivity contribution in [2.75, 3.05) is 13.2 Å². The van der Waals surface area contributed by atoms with E-state index in [2.05, 4.69) is 4.98 Å². The van der Waals surface area contributed by atoms with Crippen molar-refractivity contribution in [1.82, 2.24) is 4.98 Å². The minimum atomic E-state index is -0.533. The smallest absolute Gasteiger partial charge is 0.340 e. The number of aromatic nitrogens is 1. The van der Waals surface area contributed by atoms with Crippen LogP contribution < -0.4 is 4.74 Å². The number of hydrogen-bond acceptors (Lipinski definition) is 5. The first-order chi connectivity index (χ1) is 11.8. The third-order valence-electron chi connectivity index (χ3n) is 3.27. The van der Waals surface area contributed by atoms with Gasteiger partial charge in [-0.15, -0.1) is 0 Å². The predicted molar refractivity (Wildman–Crippen MR) is 95.7 cm³/mol.